The summed E-state index contributed by atoms with van der Waals surface area (Å²) in [6.07, 6.45) is 4.69. The molecule has 8 fully saturated rings. The fraction of sp³-hybridized carbons (Fsp3) is 0.840. The predicted molar refractivity (Wildman–Crippen MR) is 388 cm³/mol. The summed E-state index contributed by atoms with van der Waals surface area (Å²) in [5, 5.41) is 7.61. The Morgan fingerprint density at radius 2 is 1.21 bits per heavy atom. The SMILES string of the molecule is CC[C@H](C)[C@@H]1NC(=O)[C@H](CC(C)C)N(C)C(=O)C[C@@H](C(=O)N2CCOCC2)N(C)C(=O)[C@H](C2CCCC2)N(C)C(=O)C2(CCCC2)NC(=O)[C@@H]2CCCN2C(=O)[C@H](CCC2CCC(C(F)(F)F)C(Cl)C2)NC(=O)CN(C)C(=O)[C@H](CC2CCC(Cl)CC2)N2CCCCC[C@@H](C2=O)N(C)C(=O)CN(C)C1=O. The highest BCUT2D eigenvalue weighted by molar-refractivity contribution is 6.21. The summed E-state index contributed by atoms with van der Waals surface area (Å²) in [7, 11) is 8.72. The second-order valence-corrected chi connectivity index (χ2v) is 33.4. The van der Waals surface area contributed by atoms with Crippen molar-refractivity contribution in [3.63, 3.8) is 0 Å². The van der Waals surface area contributed by atoms with Crippen molar-refractivity contribution in [2.45, 2.75) is 272 Å². The quantitative estimate of drug-likeness (QED) is 0.187. The van der Waals surface area contributed by atoms with Gasteiger partial charge in [-0.15, -0.1) is 23.2 Å². The summed E-state index contributed by atoms with van der Waals surface area (Å²) in [5.41, 5.74) is -1.57. The molecule has 30 heteroatoms. The molecule has 8 rings (SSSR count). The standard InChI is InChI=1S/C75H119Cl2F3N12O13/c1-11-47(4)63-71(102)85(6)45-62(95)86(7)56-22-13-12-18-34-92(70(56)101)59(42-49-24-28-51(76)29-25-49)68(99)84(5)44-60(93)81-54(31-27-48-26-30-52(53(77)41-48)75(78,79)80)67(98)91-35-19-23-55(91)66(97)83-74(32-16-17-33-74)73(104)89(10)64(50-20-14-15-21-50)72(103)88(9)58(69(100)90-36-38-105-39-37-90)43-61(94)87(8)57(40-46(2)3)65(96)82-63/h46-59,63-64H,11-45H2,1-10H3,(H,81,93)(H,82,96)(H,83,97)/t47-,48?,49?,51?,52?,53?,54-,55-,56-,57-,58-,59-,63-,64-/m0/s1. The van der Waals surface area contributed by atoms with E-state index < -0.39 is 174 Å². The molecule has 105 heavy (non-hydrogen) atoms. The van der Waals surface area contributed by atoms with Crippen LogP contribution in [-0.4, -0.2) is 281 Å². The second-order valence-electron chi connectivity index (χ2n) is 32.2. The lowest BCUT2D eigenvalue weighted by Crippen LogP contribution is -2.65. The molecule has 4 saturated carbocycles. The molecule has 0 radical (unpaired) electrons. The van der Waals surface area contributed by atoms with E-state index in [4.69, 9.17) is 27.9 Å². The van der Waals surface area contributed by atoms with E-state index >= 15 is 43.2 Å². The van der Waals surface area contributed by atoms with Crippen LogP contribution in [0.1, 0.15) is 201 Å². The number of ether oxygens (including phenoxy) is 1. The first kappa shape index (κ1) is 84.6. The first-order chi connectivity index (χ1) is 49.7. The third kappa shape index (κ3) is 21.1. The van der Waals surface area contributed by atoms with E-state index in [2.05, 4.69) is 16.0 Å². The van der Waals surface area contributed by atoms with Gasteiger partial charge in [-0.2, -0.15) is 13.2 Å². The molecule has 12 atom stereocenters. The zero-order valence-electron chi connectivity index (χ0n) is 63.7. The maximum atomic E-state index is 15.8. The molecule has 12 amide bonds. The molecule has 4 aliphatic heterocycles. The lowest BCUT2D eigenvalue weighted by Gasteiger charge is -2.42. The number of carbonyl (C=O) groups is 12. The number of nitrogens with zero attached hydrogens (tertiary/aromatic N) is 9. The number of carbonyl (C=O) groups excluding carboxylic acids is 12. The van der Waals surface area contributed by atoms with E-state index in [9.17, 15) is 27.6 Å². The summed E-state index contributed by atoms with van der Waals surface area (Å²) < 4.78 is 47.9. The van der Waals surface area contributed by atoms with Gasteiger partial charge in [0.25, 0.3) is 0 Å². The average molecular weight is 1520 g/mol. The molecule has 8 aliphatic rings. The number of rotatable bonds is 11. The van der Waals surface area contributed by atoms with Gasteiger partial charge in [0, 0.05) is 79.2 Å². The van der Waals surface area contributed by atoms with Gasteiger partial charge in [0.2, 0.25) is 70.9 Å². The van der Waals surface area contributed by atoms with Crippen molar-refractivity contribution in [1.82, 2.24) is 60.0 Å². The van der Waals surface area contributed by atoms with Gasteiger partial charge in [-0.25, -0.2) is 0 Å². The number of hydrogen-bond donors (Lipinski definition) is 3. The van der Waals surface area contributed by atoms with Crippen molar-refractivity contribution < 1.29 is 75.4 Å². The molecule has 4 saturated heterocycles. The van der Waals surface area contributed by atoms with Crippen LogP contribution in [0.3, 0.4) is 0 Å². The summed E-state index contributed by atoms with van der Waals surface area (Å²) in [6.45, 7) is 7.15. The highest BCUT2D eigenvalue weighted by Gasteiger charge is 2.53. The Kier molecular flexibility index (Phi) is 30.5. The first-order valence-corrected chi connectivity index (χ1v) is 39.8. The van der Waals surface area contributed by atoms with Gasteiger partial charge in [0.05, 0.1) is 38.6 Å². The van der Waals surface area contributed by atoms with Crippen LogP contribution in [0.5, 0.6) is 0 Å². The lowest BCUT2D eigenvalue weighted by atomic mass is 9.78. The van der Waals surface area contributed by atoms with Gasteiger partial charge < -0.3 is 64.8 Å². The highest BCUT2D eigenvalue weighted by Crippen LogP contribution is 2.44. The van der Waals surface area contributed by atoms with E-state index in [1.165, 1.54) is 86.4 Å². The van der Waals surface area contributed by atoms with Gasteiger partial charge in [0.15, 0.2) is 0 Å². The van der Waals surface area contributed by atoms with Crippen LogP contribution in [0.4, 0.5) is 13.2 Å². The highest BCUT2D eigenvalue weighted by atomic mass is 35.5. The molecular formula is C75H119Cl2F3N12O13. The summed E-state index contributed by atoms with van der Waals surface area (Å²) in [4.78, 5) is 194. The number of hydrogen-bond acceptors (Lipinski definition) is 13. The maximum Gasteiger partial charge on any atom is 0.393 e. The van der Waals surface area contributed by atoms with E-state index in [0.717, 1.165) is 12.8 Å². The lowest BCUT2D eigenvalue weighted by molar-refractivity contribution is -0.182. The fourth-order valence-corrected chi connectivity index (χ4v) is 18.4. The van der Waals surface area contributed by atoms with Crippen LogP contribution in [0.2, 0.25) is 0 Å². The molecule has 3 N–H and O–H groups in total. The van der Waals surface area contributed by atoms with E-state index in [0.29, 0.717) is 83.5 Å². The van der Waals surface area contributed by atoms with Gasteiger partial charge in [-0.05, 0) is 152 Å². The largest absolute Gasteiger partial charge is 0.393 e. The second kappa shape index (κ2) is 37.9. The number of alkyl halides is 5. The van der Waals surface area contributed by atoms with Crippen molar-refractivity contribution in [2.24, 2.45) is 35.5 Å². The Bertz CT molecular complexity index is 3070. The number of halogens is 5. The van der Waals surface area contributed by atoms with Crippen LogP contribution in [0, 0.1) is 35.5 Å². The Balaban J connectivity index is 1.18. The normalized spacial score (nSPS) is 31.8. The van der Waals surface area contributed by atoms with Crippen molar-refractivity contribution in [3.8, 4) is 0 Å². The summed E-state index contributed by atoms with van der Waals surface area (Å²) >= 11 is 13.0. The minimum Gasteiger partial charge on any atom is -0.378 e. The Morgan fingerprint density at radius 1 is 0.590 bits per heavy atom. The topological polar surface area (TPSA) is 279 Å². The zero-order chi connectivity index (χ0) is 76.9. The van der Waals surface area contributed by atoms with Gasteiger partial charge in [0.1, 0.15) is 53.9 Å². The molecule has 4 aliphatic carbocycles. The summed E-state index contributed by atoms with van der Waals surface area (Å²) in [5.74, 6) is -10.7. The molecular weight excluding hydrogens is 1400 g/mol. The molecule has 0 aromatic carbocycles. The smallest absolute Gasteiger partial charge is 0.378 e. The molecule has 0 aromatic heterocycles. The average Bonchev–Trinajstić information content (AvgIpc) is 1.73. The van der Waals surface area contributed by atoms with E-state index in [-0.39, 0.29) is 133 Å². The molecule has 592 valence electrons. The van der Waals surface area contributed by atoms with Crippen LogP contribution < -0.4 is 16.0 Å². The molecule has 25 nitrogen and oxygen atoms in total. The third-order valence-corrected chi connectivity index (χ3v) is 25.4. The summed E-state index contributed by atoms with van der Waals surface area (Å²) in [6, 6.07) is -9.78. The van der Waals surface area contributed by atoms with Crippen molar-refractivity contribution in [2.75, 3.05) is 94.8 Å². The van der Waals surface area contributed by atoms with E-state index in [1.54, 1.807) is 6.92 Å². The monoisotopic (exact) mass is 1520 g/mol. The van der Waals surface area contributed by atoms with Gasteiger partial charge in [-0.3, -0.25) is 57.5 Å². The van der Waals surface area contributed by atoms with E-state index in [1.807, 2.05) is 20.8 Å². The fourth-order valence-electron chi connectivity index (χ4n) is 17.7. The van der Waals surface area contributed by atoms with Crippen LogP contribution >= 0.6 is 23.2 Å². The van der Waals surface area contributed by atoms with Gasteiger partial charge >= 0.3 is 6.18 Å². The number of fused-ring (bicyclic) bond motifs is 3. The number of morpholine rings is 1. The number of likely N-dealkylation sites (N-methyl/N-ethyl adjacent to an activating group) is 6. The number of amides is 12. The van der Waals surface area contributed by atoms with Gasteiger partial charge in [-0.1, -0.05) is 72.6 Å². The molecule has 1 spiro atoms. The molecule has 4 heterocycles. The van der Waals surface area contributed by atoms with Crippen molar-refractivity contribution >= 4 is 94.1 Å². The minimum absolute atomic E-state index is 0.00559. The predicted octanol–water partition coefficient (Wildman–Crippen LogP) is 6.47. The Labute approximate surface area is 628 Å². The van der Waals surface area contributed by atoms with Crippen molar-refractivity contribution in [1.29, 1.82) is 0 Å². The minimum atomic E-state index is -4.52. The third-order valence-electron chi connectivity index (χ3n) is 24.4. The molecule has 3 unspecified atom stereocenters. The zero-order valence-corrected chi connectivity index (χ0v) is 65.2. The Morgan fingerprint density at radius 3 is 1.84 bits per heavy atom. The van der Waals surface area contributed by atoms with Crippen LogP contribution in [0.15, 0.2) is 0 Å². The first-order valence-electron chi connectivity index (χ1n) is 39.0. The maximum absolute atomic E-state index is 15.8. The van der Waals surface area contributed by atoms with Crippen LogP contribution in [-0.2, 0) is 62.3 Å². The Hall–Kier alpha value is -6.03. The number of nitrogens with one attached hydrogen (secondary N) is 3. The van der Waals surface area contributed by atoms with Crippen LogP contribution in [0.25, 0.3) is 0 Å². The van der Waals surface area contributed by atoms with Crippen molar-refractivity contribution in [3.05, 3.63) is 0 Å². The molecule has 0 aromatic rings. The molecule has 2 bridgehead atoms.